The number of hydrogen-bond donors (Lipinski definition) is 0. The van der Waals surface area contributed by atoms with Crippen LogP contribution in [-0.2, 0) is 0 Å². The highest BCUT2D eigenvalue weighted by atomic mass is 15.2. The summed E-state index contributed by atoms with van der Waals surface area (Å²) in [6.07, 6.45) is 3.59. The summed E-state index contributed by atoms with van der Waals surface area (Å²) in [6.45, 7) is 2.09. The third-order valence-corrected chi connectivity index (χ3v) is 3.11. The van der Waals surface area contributed by atoms with Crippen LogP contribution in [0.15, 0.2) is 73.1 Å². The van der Waals surface area contributed by atoms with E-state index in [0.717, 1.165) is 17.3 Å². The van der Waals surface area contributed by atoms with Crippen LogP contribution in [0.2, 0.25) is 0 Å². The fourth-order valence-corrected chi connectivity index (χ4v) is 2.15. The fourth-order valence-electron chi connectivity index (χ4n) is 2.15. The van der Waals surface area contributed by atoms with E-state index < -0.39 is 0 Å². The first-order valence-electron chi connectivity index (χ1n) is 6.54. The Hall–Kier alpha value is -2.68. The van der Waals surface area contributed by atoms with E-state index in [0.29, 0.717) is 0 Å². The molecule has 0 saturated heterocycles. The molecule has 1 aromatic carbocycles. The first-order valence-corrected chi connectivity index (χ1v) is 6.54. The molecule has 3 heteroatoms. The Morgan fingerprint density at radius 1 is 0.700 bits per heavy atom. The highest BCUT2D eigenvalue weighted by Crippen LogP contribution is 2.33. The number of pyridine rings is 2. The van der Waals surface area contributed by atoms with Gasteiger partial charge in [-0.1, -0.05) is 30.3 Å². The molecule has 0 saturated carbocycles. The summed E-state index contributed by atoms with van der Waals surface area (Å²) < 4.78 is 0. The Morgan fingerprint density at radius 2 is 1.25 bits per heavy atom. The highest BCUT2D eigenvalue weighted by Gasteiger charge is 2.15. The van der Waals surface area contributed by atoms with E-state index >= 15 is 0 Å². The molecule has 0 atom stereocenters. The lowest BCUT2D eigenvalue weighted by Crippen LogP contribution is -2.13. The maximum atomic E-state index is 4.46. The van der Waals surface area contributed by atoms with Gasteiger partial charge in [-0.05, 0) is 42.8 Å². The van der Waals surface area contributed by atoms with E-state index in [1.807, 2.05) is 48.5 Å². The minimum atomic E-state index is 0.862. The predicted molar refractivity (Wildman–Crippen MR) is 81.5 cm³/mol. The number of hydrogen-bond acceptors (Lipinski definition) is 3. The van der Waals surface area contributed by atoms with E-state index in [-0.39, 0.29) is 0 Å². The van der Waals surface area contributed by atoms with Crippen molar-refractivity contribution in [3.8, 4) is 0 Å². The Morgan fingerprint density at radius 3 is 1.75 bits per heavy atom. The normalized spacial score (nSPS) is 10.2. The van der Waals surface area contributed by atoms with Gasteiger partial charge in [0, 0.05) is 12.4 Å². The van der Waals surface area contributed by atoms with Gasteiger partial charge in [-0.3, -0.25) is 4.90 Å². The number of rotatable bonds is 3. The first kappa shape index (κ1) is 12.4. The molecule has 0 amide bonds. The van der Waals surface area contributed by atoms with Crippen LogP contribution in [0.3, 0.4) is 0 Å². The smallest absolute Gasteiger partial charge is 0.138 e. The monoisotopic (exact) mass is 261 g/mol. The molecule has 3 rings (SSSR count). The summed E-state index contributed by atoms with van der Waals surface area (Å²) in [4.78, 5) is 11.0. The Labute approximate surface area is 118 Å². The molecule has 0 fully saturated rings. The molecule has 0 radical (unpaired) electrons. The van der Waals surface area contributed by atoms with Gasteiger partial charge in [0.1, 0.15) is 11.6 Å². The van der Waals surface area contributed by atoms with Crippen molar-refractivity contribution in [2.24, 2.45) is 0 Å². The van der Waals surface area contributed by atoms with Crippen LogP contribution in [0.1, 0.15) is 5.56 Å². The number of para-hydroxylation sites is 1. The molecule has 98 valence electrons. The molecule has 3 aromatic rings. The molecule has 0 N–H and O–H groups in total. The molecule has 0 aliphatic rings. The summed E-state index contributed by atoms with van der Waals surface area (Å²) in [5.74, 6) is 1.72. The number of aromatic nitrogens is 2. The highest BCUT2D eigenvalue weighted by molar-refractivity contribution is 5.73. The lowest BCUT2D eigenvalue weighted by molar-refractivity contribution is 1.11. The van der Waals surface area contributed by atoms with Gasteiger partial charge in [-0.25, -0.2) is 9.97 Å². The van der Waals surface area contributed by atoms with Crippen molar-refractivity contribution < 1.29 is 0 Å². The van der Waals surface area contributed by atoms with Crippen molar-refractivity contribution in [3.63, 3.8) is 0 Å². The van der Waals surface area contributed by atoms with Crippen molar-refractivity contribution in [1.29, 1.82) is 0 Å². The molecule has 0 aliphatic carbocycles. The molecule has 0 spiro atoms. The minimum absolute atomic E-state index is 0.862. The Kier molecular flexibility index (Phi) is 3.42. The fraction of sp³-hybridized carbons (Fsp3) is 0.0588. The standard InChI is InChI=1S/C17H15N3/c1-14-8-2-3-9-15(14)20(16-10-4-6-12-18-16)17-11-5-7-13-19-17/h2-13H,1H3. The third-order valence-electron chi connectivity index (χ3n) is 3.11. The summed E-state index contributed by atoms with van der Waals surface area (Å²) in [7, 11) is 0. The molecule has 0 bridgehead atoms. The summed E-state index contributed by atoms with van der Waals surface area (Å²) in [5.41, 5.74) is 2.27. The van der Waals surface area contributed by atoms with Crippen LogP contribution in [0.25, 0.3) is 0 Å². The quantitative estimate of drug-likeness (QED) is 0.705. The molecule has 3 nitrogen and oxygen atoms in total. The number of nitrogens with zero attached hydrogens (tertiary/aromatic N) is 3. The molecular formula is C17H15N3. The zero-order valence-corrected chi connectivity index (χ0v) is 11.3. The van der Waals surface area contributed by atoms with Gasteiger partial charge in [0.15, 0.2) is 0 Å². The molecule has 0 aliphatic heterocycles. The SMILES string of the molecule is Cc1ccccc1N(c1ccccn1)c1ccccn1. The van der Waals surface area contributed by atoms with Crippen molar-refractivity contribution >= 4 is 17.3 Å². The number of aryl methyl sites for hydroxylation is 1. The molecule has 0 unspecified atom stereocenters. The van der Waals surface area contributed by atoms with Crippen LogP contribution in [0.4, 0.5) is 17.3 Å². The van der Waals surface area contributed by atoms with Gasteiger partial charge in [-0.2, -0.15) is 0 Å². The van der Waals surface area contributed by atoms with E-state index in [4.69, 9.17) is 0 Å². The van der Waals surface area contributed by atoms with Gasteiger partial charge >= 0.3 is 0 Å². The zero-order valence-electron chi connectivity index (χ0n) is 11.3. The van der Waals surface area contributed by atoms with Crippen molar-refractivity contribution in [1.82, 2.24) is 9.97 Å². The van der Waals surface area contributed by atoms with Gasteiger partial charge in [-0.15, -0.1) is 0 Å². The summed E-state index contributed by atoms with van der Waals surface area (Å²) in [5, 5.41) is 0. The van der Waals surface area contributed by atoms with Crippen molar-refractivity contribution in [2.45, 2.75) is 6.92 Å². The number of anilines is 3. The maximum absolute atomic E-state index is 4.46. The Balaban J connectivity index is 2.17. The lowest BCUT2D eigenvalue weighted by Gasteiger charge is -2.24. The van der Waals surface area contributed by atoms with Crippen LogP contribution in [0, 0.1) is 6.92 Å². The first-order chi connectivity index (χ1) is 9.86. The van der Waals surface area contributed by atoms with Gasteiger partial charge in [0.25, 0.3) is 0 Å². The van der Waals surface area contributed by atoms with Crippen LogP contribution >= 0.6 is 0 Å². The zero-order chi connectivity index (χ0) is 13.8. The van der Waals surface area contributed by atoms with E-state index in [1.165, 1.54) is 5.56 Å². The van der Waals surface area contributed by atoms with Gasteiger partial charge < -0.3 is 0 Å². The second kappa shape index (κ2) is 5.53. The lowest BCUT2D eigenvalue weighted by atomic mass is 10.1. The van der Waals surface area contributed by atoms with Crippen LogP contribution in [0.5, 0.6) is 0 Å². The van der Waals surface area contributed by atoms with Crippen LogP contribution < -0.4 is 4.90 Å². The van der Waals surface area contributed by atoms with Crippen molar-refractivity contribution in [3.05, 3.63) is 78.6 Å². The Bertz CT molecular complexity index is 641. The summed E-state index contributed by atoms with van der Waals surface area (Å²) >= 11 is 0. The van der Waals surface area contributed by atoms with E-state index in [1.54, 1.807) is 12.4 Å². The molecule has 2 heterocycles. The van der Waals surface area contributed by atoms with Crippen molar-refractivity contribution in [2.75, 3.05) is 4.90 Å². The minimum Gasteiger partial charge on any atom is -0.279 e. The second-order valence-corrected chi connectivity index (χ2v) is 4.50. The van der Waals surface area contributed by atoms with E-state index in [9.17, 15) is 0 Å². The van der Waals surface area contributed by atoms with Crippen LogP contribution in [-0.4, -0.2) is 9.97 Å². The topological polar surface area (TPSA) is 29.0 Å². The number of benzene rings is 1. The van der Waals surface area contributed by atoms with Gasteiger partial charge in [0.05, 0.1) is 5.69 Å². The molecule has 20 heavy (non-hydrogen) atoms. The van der Waals surface area contributed by atoms with E-state index in [2.05, 4.69) is 33.9 Å². The maximum Gasteiger partial charge on any atom is 0.138 e. The average Bonchev–Trinajstić information content (AvgIpc) is 2.52. The molecule has 2 aromatic heterocycles. The second-order valence-electron chi connectivity index (χ2n) is 4.50. The third kappa shape index (κ3) is 2.38. The molecular weight excluding hydrogens is 246 g/mol. The average molecular weight is 261 g/mol. The van der Waals surface area contributed by atoms with Gasteiger partial charge in [0.2, 0.25) is 0 Å². The summed E-state index contributed by atoms with van der Waals surface area (Å²) in [6, 6.07) is 20.0. The predicted octanol–water partition coefficient (Wildman–Crippen LogP) is 4.25. The largest absolute Gasteiger partial charge is 0.279 e.